The number of benzene rings is 1. The predicted molar refractivity (Wildman–Crippen MR) is 86.6 cm³/mol. The molecule has 0 aliphatic carbocycles. The molecule has 0 unspecified atom stereocenters. The number of halogens is 2. The van der Waals surface area contributed by atoms with E-state index < -0.39 is 0 Å². The molecule has 112 valence electrons. The molecule has 0 radical (unpaired) electrons. The van der Waals surface area contributed by atoms with Crippen LogP contribution in [0.15, 0.2) is 30.3 Å². The van der Waals surface area contributed by atoms with E-state index in [-0.39, 0.29) is 0 Å². The Bertz CT molecular complexity index is 621. The predicted octanol–water partition coefficient (Wildman–Crippen LogP) is 4.12. The van der Waals surface area contributed by atoms with Crippen molar-refractivity contribution < 1.29 is 9.47 Å². The van der Waals surface area contributed by atoms with E-state index in [0.717, 1.165) is 5.56 Å². The first-order valence-electron chi connectivity index (χ1n) is 6.42. The molecular formula is C15H16Cl2N2O2. The lowest BCUT2D eigenvalue weighted by molar-refractivity contribution is 0.146. The van der Waals surface area contributed by atoms with Crippen molar-refractivity contribution in [3.05, 3.63) is 40.4 Å². The SMILES string of the molecule is CNc1nc(-c2ccccc2OCCOC)c(Cl)cc1Cl. The Kier molecular flexibility index (Phi) is 5.67. The van der Waals surface area contributed by atoms with Crippen molar-refractivity contribution in [2.24, 2.45) is 0 Å². The second-order valence-electron chi connectivity index (χ2n) is 4.24. The van der Waals surface area contributed by atoms with Crippen LogP contribution >= 0.6 is 23.2 Å². The molecule has 0 amide bonds. The zero-order valence-electron chi connectivity index (χ0n) is 11.8. The Balaban J connectivity index is 2.42. The average Bonchev–Trinajstić information content (AvgIpc) is 2.48. The van der Waals surface area contributed by atoms with Gasteiger partial charge in [0.2, 0.25) is 0 Å². The summed E-state index contributed by atoms with van der Waals surface area (Å²) < 4.78 is 10.7. The van der Waals surface area contributed by atoms with E-state index >= 15 is 0 Å². The van der Waals surface area contributed by atoms with E-state index in [9.17, 15) is 0 Å². The number of nitrogens with one attached hydrogen (secondary N) is 1. The van der Waals surface area contributed by atoms with Gasteiger partial charge in [-0.25, -0.2) is 4.98 Å². The van der Waals surface area contributed by atoms with Crippen molar-refractivity contribution >= 4 is 29.0 Å². The van der Waals surface area contributed by atoms with Gasteiger partial charge in [-0.05, 0) is 18.2 Å². The number of para-hydroxylation sites is 1. The normalized spacial score (nSPS) is 10.5. The number of pyridine rings is 1. The number of methoxy groups -OCH3 is 1. The highest BCUT2D eigenvalue weighted by Gasteiger charge is 2.14. The van der Waals surface area contributed by atoms with E-state index in [2.05, 4.69) is 10.3 Å². The van der Waals surface area contributed by atoms with Gasteiger partial charge in [0.25, 0.3) is 0 Å². The number of hydrogen-bond donors (Lipinski definition) is 1. The third kappa shape index (κ3) is 3.79. The maximum absolute atomic E-state index is 6.27. The third-order valence-corrected chi connectivity index (χ3v) is 3.43. The molecule has 0 atom stereocenters. The van der Waals surface area contributed by atoms with Crippen LogP contribution in [0.1, 0.15) is 0 Å². The van der Waals surface area contributed by atoms with Gasteiger partial charge < -0.3 is 14.8 Å². The van der Waals surface area contributed by atoms with Crippen LogP contribution in [0.5, 0.6) is 5.75 Å². The van der Waals surface area contributed by atoms with Crippen LogP contribution in [0.4, 0.5) is 5.82 Å². The number of rotatable bonds is 6. The lowest BCUT2D eigenvalue weighted by atomic mass is 10.1. The van der Waals surface area contributed by atoms with Crippen molar-refractivity contribution in [1.82, 2.24) is 4.98 Å². The molecule has 0 saturated carbocycles. The Morgan fingerprint density at radius 3 is 2.62 bits per heavy atom. The Labute approximate surface area is 134 Å². The van der Waals surface area contributed by atoms with E-state index in [1.807, 2.05) is 24.3 Å². The van der Waals surface area contributed by atoms with Crippen molar-refractivity contribution in [2.45, 2.75) is 0 Å². The number of aromatic nitrogens is 1. The molecule has 0 aliphatic rings. The molecule has 0 bridgehead atoms. The van der Waals surface area contributed by atoms with Gasteiger partial charge in [-0.2, -0.15) is 0 Å². The molecule has 0 spiro atoms. The molecule has 1 N–H and O–H groups in total. The van der Waals surface area contributed by atoms with Crippen LogP contribution in [0.3, 0.4) is 0 Å². The minimum absolute atomic E-state index is 0.456. The number of nitrogens with zero attached hydrogens (tertiary/aromatic N) is 1. The summed E-state index contributed by atoms with van der Waals surface area (Å²) in [5, 5.41) is 3.89. The molecule has 2 rings (SSSR count). The number of hydrogen-bond acceptors (Lipinski definition) is 4. The first-order valence-corrected chi connectivity index (χ1v) is 7.18. The van der Waals surface area contributed by atoms with E-state index in [4.69, 9.17) is 32.7 Å². The van der Waals surface area contributed by atoms with Crippen LogP contribution in [0.25, 0.3) is 11.3 Å². The van der Waals surface area contributed by atoms with Crippen LogP contribution in [0, 0.1) is 0 Å². The molecule has 0 saturated heterocycles. The van der Waals surface area contributed by atoms with Gasteiger partial charge in [-0.15, -0.1) is 0 Å². The zero-order valence-corrected chi connectivity index (χ0v) is 13.3. The van der Waals surface area contributed by atoms with E-state index in [1.54, 1.807) is 20.2 Å². The minimum atomic E-state index is 0.456. The summed E-state index contributed by atoms with van der Waals surface area (Å²) in [4.78, 5) is 4.46. The van der Waals surface area contributed by atoms with Gasteiger partial charge in [0.05, 0.1) is 22.3 Å². The smallest absolute Gasteiger partial charge is 0.145 e. The highest BCUT2D eigenvalue weighted by Crippen LogP contribution is 2.36. The lowest BCUT2D eigenvalue weighted by Gasteiger charge is -2.13. The molecule has 1 heterocycles. The summed E-state index contributed by atoms with van der Waals surface area (Å²) >= 11 is 12.3. The summed E-state index contributed by atoms with van der Waals surface area (Å²) in [6, 6.07) is 9.25. The van der Waals surface area contributed by atoms with Gasteiger partial charge in [-0.3, -0.25) is 0 Å². The third-order valence-electron chi connectivity index (χ3n) is 2.85. The Morgan fingerprint density at radius 1 is 1.14 bits per heavy atom. The monoisotopic (exact) mass is 326 g/mol. The maximum Gasteiger partial charge on any atom is 0.145 e. The molecule has 4 nitrogen and oxygen atoms in total. The standard InChI is InChI=1S/C15H16Cl2N2O2/c1-18-15-12(17)9-11(16)14(19-15)10-5-3-4-6-13(10)21-8-7-20-2/h3-6,9H,7-8H2,1-2H3,(H,18,19). The number of anilines is 1. The average molecular weight is 327 g/mol. The molecule has 1 aromatic carbocycles. The van der Waals surface area contributed by atoms with Gasteiger partial charge in [0.1, 0.15) is 18.2 Å². The quantitative estimate of drug-likeness (QED) is 0.811. The second-order valence-corrected chi connectivity index (χ2v) is 5.05. The first kappa shape index (κ1) is 15.9. The van der Waals surface area contributed by atoms with Crippen molar-refractivity contribution in [3.63, 3.8) is 0 Å². The molecule has 21 heavy (non-hydrogen) atoms. The maximum atomic E-state index is 6.27. The molecule has 6 heteroatoms. The fraction of sp³-hybridized carbons (Fsp3) is 0.267. The summed E-state index contributed by atoms with van der Waals surface area (Å²) in [6.07, 6.45) is 0. The Morgan fingerprint density at radius 2 is 1.90 bits per heavy atom. The highest BCUT2D eigenvalue weighted by molar-refractivity contribution is 6.37. The van der Waals surface area contributed by atoms with Gasteiger partial charge in [0.15, 0.2) is 0 Å². The van der Waals surface area contributed by atoms with E-state index in [1.165, 1.54) is 0 Å². The second kappa shape index (κ2) is 7.50. The fourth-order valence-electron chi connectivity index (χ4n) is 1.85. The van der Waals surface area contributed by atoms with Crippen molar-refractivity contribution in [3.8, 4) is 17.0 Å². The van der Waals surface area contributed by atoms with Gasteiger partial charge in [-0.1, -0.05) is 35.3 Å². The first-order chi connectivity index (χ1) is 10.2. The minimum Gasteiger partial charge on any atom is -0.490 e. The van der Waals surface area contributed by atoms with E-state index in [0.29, 0.717) is 40.5 Å². The van der Waals surface area contributed by atoms with Gasteiger partial charge in [0, 0.05) is 19.7 Å². The fourth-order valence-corrected chi connectivity index (χ4v) is 2.41. The van der Waals surface area contributed by atoms with Crippen LogP contribution < -0.4 is 10.1 Å². The number of ether oxygens (including phenoxy) is 2. The molecule has 0 fully saturated rings. The summed E-state index contributed by atoms with van der Waals surface area (Å²) in [5.74, 6) is 1.27. The molecule has 1 aromatic heterocycles. The van der Waals surface area contributed by atoms with Gasteiger partial charge >= 0.3 is 0 Å². The molecule has 0 aliphatic heterocycles. The lowest BCUT2D eigenvalue weighted by Crippen LogP contribution is -2.05. The molecule has 2 aromatic rings. The largest absolute Gasteiger partial charge is 0.490 e. The van der Waals surface area contributed by atoms with Crippen molar-refractivity contribution in [1.29, 1.82) is 0 Å². The zero-order chi connectivity index (χ0) is 15.2. The van der Waals surface area contributed by atoms with Crippen LogP contribution in [-0.4, -0.2) is 32.4 Å². The molecular weight excluding hydrogens is 311 g/mol. The summed E-state index contributed by atoms with van der Waals surface area (Å²) in [5.41, 5.74) is 1.44. The summed E-state index contributed by atoms with van der Waals surface area (Å²) in [6.45, 7) is 0.968. The Hall–Kier alpha value is -1.49. The topological polar surface area (TPSA) is 43.4 Å². The van der Waals surface area contributed by atoms with Crippen LogP contribution in [-0.2, 0) is 4.74 Å². The summed E-state index contributed by atoms with van der Waals surface area (Å²) in [7, 11) is 3.39. The van der Waals surface area contributed by atoms with Crippen molar-refractivity contribution in [2.75, 3.05) is 32.7 Å². The van der Waals surface area contributed by atoms with Crippen LogP contribution in [0.2, 0.25) is 10.0 Å². The highest BCUT2D eigenvalue weighted by atomic mass is 35.5.